The molecule has 0 amide bonds. The van der Waals surface area contributed by atoms with E-state index in [0.29, 0.717) is 11.0 Å². The molecule has 2 aromatic rings. The highest BCUT2D eigenvalue weighted by Crippen LogP contribution is 2.21. The average molecular weight is 305 g/mol. The number of aromatic nitrogens is 3. The maximum atomic E-state index is 5.88. The van der Waals surface area contributed by atoms with Crippen LogP contribution in [0.25, 0.3) is 0 Å². The van der Waals surface area contributed by atoms with Gasteiger partial charge in [0.25, 0.3) is 0 Å². The molecule has 0 saturated carbocycles. The van der Waals surface area contributed by atoms with E-state index in [-0.39, 0.29) is 6.10 Å². The third-order valence-electron chi connectivity index (χ3n) is 3.44. The van der Waals surface area contributed by atoms with E-state index in [1.165, 1.54) is 0 Å². The van der Waals surface area contributed by atoms with E-state index in [1.54, 1.807) is 18.6 Å². The van der Waals surface area contributed by atoms with E-state index in [0.717, 1.165) is 37.3 Å². The van der Waals surface area contributed by atoms with Crippen molar-refractivity contribution in [1.29, 1.82) is 0 Å². The van der Waals surface area contributed by atoms with Gasteiger partial charge in [-0.05, 0) is 37.5 Å². The number of pyridine rings is 1. The molecule has 0 spiro atoms. The van der Waals surface area contributed by atoms with Crippen molar-refractivity contribution in [1.82, 2.24) is 15.0 Å². The average Bonchev–Trinajstić information content (AvgIpc) is 2.51. The highest BCUT2D eigenvalue weighted by Gasteiger charge is 2.23. The summed E-state index contributed by atoms with van der Waals surface area (Å²) in [6, 6.07) is 4.24. The number of rotatable bonds is 3. The van der Waals surface area contributed by atoms with Gasteiger partial charge in [-0.2, -0.15) is 0 Å². The number of hydrogen-bond donors (Lipinski definition) is 0. The number of aryl methyl sites for hydroxylation is 1. The predicted molar refractivity (Wildman–Crippen MR) is 81.9 cm³/mol. The van der Waals surface area contributed by atoms with Crippen LogP contribution in [0.2, 0.25) is 5.02 Å². The molecular formula is C15H17ClN4O. The zero-order valence-electron chi connectivity index (χ0n) is 11.9. The maximum absolute atomic E-state index is 5.88. The van der Waals surface area contributed by atoms with Gasteiger partial charge in [-0.3, -0.25) is 0 Å². The Bertz CT molecular complexity index is 588. The van der Waals surface area contributed by atoms with Gasteiger partial charge in [0.2, 0.25) is 0 Å². The lowest BCUT2D eigenvalue weighted by atomic mass is 10.1. The van der Waals surface area contributed by atoms with E-state index in [1.807, 2.05) is 19.1 Å². The number of anilines is 1. The first kappa shape index (κ1) is 14.1. The number of halogens is 1. The molecule has 0 aliphatic carbocycles. The van der Waals surface area contributed by atoms with Gasteiger partial charge in [-0.15, -0.1) is 0 Å². The molecule has 1 aliphatic rings. The van der Waals surface area contributed by atoms with Crippen molar-refractivity contribution < 1.29 is 4.74 Å². The van der Waals surface area contributed by atoms with Crippen molar-refractivity contribution in [2.45, 2.75) is 25.9 Å². The fraction of sp³-hybridized carbons (Fsp3) is 0.400. The summed E-state index contributed by atoms with van der Waals surface area (Å²) in [6.45, 7) is 3.72. The molecule has 110 valence electrons. The molecule has 1 fully saturated rings. The lowest BCUT2D eigenvalue weighted by Gasteiger charge is -2.33. The normalized spacial score (nSPS) is 18.6. The van der Waals surface area contributed by atoms with E-state index in [4.69, 9.17) is 16.3 Å². The minimum atomic E-state index is 0.0823. The van der Waals surface area contributed by atoms with Crippen LogP contribution >= 0.6 is 11.6 Å². The van der Waals surface area contributed by atoms with E-state index in [9.17, 15) is 0 Å². The molecule has 1 atom stereocenters. The quantitative estimate of drug-likeness (QED) is 0.872. The van der Waals surface area contributed by atoms with Crippen LogP contribution in [-0.2, 0) is 0 Å². The van der Waals surface area contributed by atoms with Crippen LogP contribution in [0.1, 0.15) is 18.4 Å². The minimum Gasteiger partial charge on any atom is -0.458 e. The van der Waals surface area contributed by atoms with Gasteiger partial charge in [0.15, 0.2) is 0 Å². The largest absolute Gasteiger partial charge is 0.458 e. The second kappa shape index (κ2) is 6.26. The van der Waals surface area contributed by atoms with Crippen LogP contribution in [-0.4, -0.2) is 34.1 Å². The first-order valence-electron chi connectivity index (χ1n) is 7.02. The fourth-order valence-corrected chi connectivity index (χ4v) is 2.50. The Hall–Kier alpha value is -1.88. The zero-order chi connectivity index (χ0) is 14.7. The number of nitrogens with zero attached hydrogens (tertiary/aromatic N) is 4. The number of hydrogen-bond acceptors (Lipinski definition) is 5. The summed E-state index contributed by atoms with van der Waals surface area (Å²) in [5.41, 5.74) is 1.03. The summed E-state index contributed by atoms with van der Waals surface area (Å²) in [7, 11) is 0. The van der Waals surface area contributed by atoms with Gasteiger partial charge in [-0.1, -0.05) is 11.6 Å². The molecule has 3 heterocycles. The second-order valence-corrected chi connectivity index (χ2v) is 5.64. The molecule has 1 unspecified atom stereocenters. The van der Waals surface area contributed by atoms with E-state index in [2.05, 4.69) is 19.9 Å². The first-order chi connectivity index (χ1) is 10.2. The summed E-state index contributed by atoms with van der Waals surface area (Å²) in [5, 5.41) is 0.650. The fourth-order valence-electron chi connectivity index (χ4n) is 2.39. The zero-order valence-corrected chi connectivity index (χ0v) is 12.6. The third-order valence-corrected chi connectivity index (χ3v) is 3.67. The molecule has 6 heteroatoms. The van der Waals surface area contributed by atoms with Crippen LogP contribution in [0.5, 0.6) is 6.01 Å². The van der Waals surface area contributed by atoms with Gasteiger partial charge in [0.05, 0.1) is 11.6 Å². The Morgan fingerprint density at radius 1 is 1.19 bits per heavy atom. The molecule has 0 N–H and O–H groups in total. The Kier molecular flexibility index (Phi) is 4.20. The summed E-state index contributed by atoms with van der Waals surface area (Å²) in [6.07, 6.45) is 7.35. The molecule has 1 aliphatic heterocycles. The standard InChI is InChI=1S/C15H17ClN4O/c1-11-7-18-15(19-8-11)21-13-3-2-6-20(10-13)14-5-4-12(16)9-17-14/h4-5,7-9,13H,2-3,6,10H2,1H3. The van der Waals surface area contributed by atoms with Crippen molar-refractivity contribution in [2.75, 3.05) is 18.0 Å². The monoisotopic (exact) mass is 304 g/mol. The van der Waals surface area contributed by atoms with Gasteiger partial charge < -0.3 is 9.64 Å². The Morgan fingerprint density at radius 2 is 2.00 bits per heavy atom. The molecule has 2 aromatic heterocycles. The van der Waals surface area contributed by atoms with Crippen LogP contribution in [0, 0.1) is 6.92 Å². The van der Waals surface area contributed by atoms with Gasteiger partial charge in [0.1, 0.15) is 11.9 Å². The summed E-state index contributed by atoms with van der Waals surface area (Å²) < 4.78 is 5.87. The second-order valence-electron chi connectivity index (χ2n) is 5.21. The highest BCUT2D eigenvalue weighted by molar-refractivity contribution is 6.30. The lowest BCUT2D eigenvalue weighted by molar-refractivity contribution is 0.164. The van der Waals surface area contributed by atoms with Crippen molar-refractivity contribution in [3.63, 3.8) is 0 Å². The van der Waals surface area contributed by atoms with Crippen molar-refractivity contribution in [3.05, 3.63) is 41.3 Å². The van der Waals surface area contributed by atoms with Gasteiger partial charge in [0, 0.05) is 25.1 Å². The molecular weight excluding hydrogens is 288 g/mol. The van der Waals surface area contributed by atoms with Gasteiger partial charge in [-0.25, -0.2) is 15.0 Å². The molecule has 21 heavy (non-hydrogen) atoms. The maximum Gasteiger partial charge on any atom is 0.316 e. The van der Waals surface area contributed by atoms with Crippen molar-refractivity contribution >= 4 is 17.4 Å². The molecule has 0 radical (unpaired) electrons. The molecule has 3 rings (SSSR count). The Labute approximate surface area is 129 Å². The summed E-state index contributed by atoms with van der Waals surface area (Å²) in [4.78, 5) is 15.0. The van der Waals surface area contributed by atoms with Crippen LogP contribution in [0.4, 0.5) is 5.82 Å². The highest BCUT2D eigenvalue weighted by atomic mass is 35.5. The summed E-state index contributed by atoms with van der Waals surface area (Å²) >= 11 is 5.88. The van der Waals surface area contributed by atoms with E-state index < -0.39 is 0 Å². The number of piperidine rings is 1. The smallest absolute Gasteiger partial charge is 0.316 e. The van der Waals surface area contributed by atoms with Crippen LogP contribution in [0.15, 0.2) is 30.7 Å². The first-order valence-corrected chi connectivity index (χ1v) is 7.40. The summed E-state index contributed by atoms with van der Waals surface area (Å²) in [5.74, 6) is 0.928. The number of ether oxygens (including phenoxy) is 1. The van der Waals surface area contributed by atoms with Crippen molar-refractivity contribution in [3.8, 4) is 6.01 Å². The predicted octanol–water partition coefficient (Wildman–Crippen LogP) is 2.88. The lowest BCUT2D eigenvalue weighted by Crippen LogP contribution is -2.41. The van der Waals surface area contributed by atoms with Crippen LogP contribution in [0.3, 0.4) is 0 Å². The third kappa shape index (κ3) is 3.61. The van der Waals surface area contributed by atoms with Crippen molar-refractivity contribution in [2.24, 2.45) is 0 Å². The Balaban J connectivity index is 1.65. The molecule has 1 saturated heterocycles. The molecule has 0 aromatic carbocycles. The molecule has 5 nitrogen and oxygen atoms in total. The van der Waals surface area contributed by atoms with E-state index >= 15 is 0 Å². The van der Waals surface area contributed by atoms with Crippen LogP contribution < -0.4 is 9.64 Å². The Morgan fingerprint density at radius 3 is 2.71 bits per heavy atom. The molecule has 0 bridgehead atoms. The minimum absolute atomic E-state index is 0.0823. The topological polar surface area (TPSA) is 51.1 Å². The SMILES string of the molecule is Cc1cnc(OC2CCCN(c3ccc(Cl)cn3)C2)nc1. The van der Waals surface area contributed by atoms with Gasteiger partial charge >= 0.3 is 6.01 Å².